The smallest absolute Gasteiger partial charge is 0.321 e. The van der Waals surface area contributed by atoms with Crippen LogP contribution in [0.3, 0.4) is 0 Å². The van der Waals surface area contributed by atoms with Crippen molar-refractivity contribution in [1.29, 1.82) is 0 Å². The van der Waals surface area contributed by atoms with E-state index >= 15 is 0 Å². The van der Waals surface area contributed by atoms with Crippen molar-refractivity contribution in [3.63, 3.8) is 0 Å². The number of hydrogen-bond acceptors (Lipinski definition) is 3. The van der Waals surface area contributed by atoms with E-state index in [0.29, 0.717) is 12.1 Å². The molecule has 5 nitrogen and oxygen atoms in total. The number of benzene rings is 2. The Morgan fingerprint density at radius 3 is 2.75 bits per heavy atom. The molecule has 2 aromatic rings. The highest BCUT2D eigenvalue weighted by molar-refractivity contribution is 7.99. The summed E-state index contributed by atoms with van der Waals surface area (Å²) in [5.74, 6) is 1.14. The van der Waals surface area contributed by atoms with Gasteiger partial charge in [0.15, 0.2) is 0 Å². The summed E-state index contributed by atoms with van der Waals surface area (Å²) in [7, 11) is 1.78. The summed E-state index contributed by atoms with van der Waals surface area (Å²) in [4.78, 5) is 30.3. The number of amides is 3. The van der Waals surface area contributed by atoms with Gasteiger partial charge >= 0.3 is 6.03 Å². The minimum Gasteiger partial charge on any atom is -0.321 e. The summed E-state index contributed by atoms with van der Waals surface area (Å²) < 4.78 is 0. The zero-order valence-electron chi connectivity index (χ0n) is 19.3. The number of anilines is 2. The number of carbonyl (C=O) groups is 2. The minimum atomic E-state index is -0.142. The number of fused-ring (bicyclic) bond motifs is 2. The lowest BCUT2D eigenvalue weighted by atomic mass is 10.00. The first-order valence-electron chi connectivity index (χ1n) is 11.7. The largest absolute Gasteiger partial charge is 0.322 e. The average molecular weight is 452 g/mol. The molecule has 1 atom stereocenters. The average Bonchev–Trinajstić information content (AvgIpc) is 3.22. The molecule has 0 saturated carbocycles. The molecule has 1 unspecified atom stereocenters. The number of nitrogens with one attached hydrogen (secondary N) is 1. The van der Waals surface area contributed by atoms with Crippen LogP contribution >= 0.6 is 11.8 Å². The first kappa shape index (κ1) is 22.7. The lowest BCUT2D eigenvalue weighted by molar-refractivity contribution is 0.0989. The normalized spacial score (nSPS) is 17.2. The monoisotopic (exact) mass is 451 g/mol. The molecule has 0 bridgehead atoms. The highest BCUT2D eigenvalue weighted by Gasteiger charge is 2.29. The van der Waals surface area contributed by atoms with Crippen LogP contribution in [0.25, 0.3) is 0 Å². The van der Waals surface area contributed by atoms with Crippen LogP contribution in [0.5, 0.6) is 0 Å². The molecule has 0 aromatic heterocycles. The second-order valence-corrected chi connectivity index (χ2v) is 9.95. The molecule has 2 aliphatic rings. The fourth-order valence-electron chi connectivity index (χ4n) is 4.48. The molecular formula is C26H33N3O2S. The van der Waals surface area contributed by atoms with Crippen LogP contribution in [0.2, 0.25) is 0 Å². The molecule has 3 amide bonds. The first-order chi connectivity index (χ1) is 15.5. The molecule has 170 valence electrons. The highest BCUT2D eigenvalue weighted by Crippen LogP contribution is 2.35. The fraction of sp³-hybridized carbons (Fsp3) is 0.462. The maximum absolute atomic E-state index is 13.3. The van der Waals surface area contributed by atoms with Gasteiger partial charge in [-0.2, -0.15) is 0 Å². The van der Waals surface area contributed by atoms with Crippen LogP contribution in [0, 0.1) is 0 Å². The maximum Gasteiger partial charge on any atom is 0.322 e. The number of nitrogens with zero attached hydrogens (tertiary/aromatic N) is 2. The molecule has 0 spiro atoms. The molecular weight excluding hydrogens is 418 g/mol. The van der Waals surface area contributed by atoms with Crippen molar-refractivity contribution in [2.75, 3.05) is 29.6 Å². The van der Waals surface area contributed by atoms with Crippen molar-refractivity contribution >= 4 is 35.1 Å². The Labute approximate surface area is 195 Å². The molecule has 32 heavy (non-hydrogen) atoms. The van der Waals surface area contributed by atoms with Gasteiger partial charge < -0.3 is 15.1 Å². The van der Waals surface area contributed by atoms with Gasteiger partial charge in [-0.3, -0.25) is 4.79 Å². The number of rotatable bonds is 8. The fourth-order valence-corrected chi connectivity index (χ4v) is 5.45. The van der Waals surface area contributed by atoms with E-state index in [1.165, 1.54) is 42.6 Å². The van der Waals surface area contributed by atoms with Gasteiger partial charge in [-0.05, 0) is 67.0 Å². The Bertz CT molecular complexity index is 1010. The van der Waals surface area contributed by atoms with Gasteiger partial charge in [-0.25, -0.2) is 4.79 Å². The number of carbonyl (C=O) groups excluding carboxylic acids is 2. The predicted molar refractivity (Wildman–Crippen MR) is 133 cm³/mol. The minimum absolute atomic E-state index is 0.0105. The zero-order valence-corrected chi connectivity index (χ0v) is 20.1. The quantitative estimate of drug-likeness (QED) is 0.369. The van der Waals surface area contributed by atoms with Crippen LogP contribution in [-0.2, 0) is 6.42 Å². The number of thioether (sulfide) groups is 1. The maximum atomic E-state index is 13.3. The van der Waals surface area contributed by atoms with E-state index in [4.69, 9.17) is 0 Å². The van der Waals surface area contributed by atoms with E-state index < -0.39 is 0 Å². The highest BCUT2D eigenvalue weighted by atomic mass is 32.2. The van der Waals surface area contributed by atoms with Crippen LogP contribution in [0.4, 0.5) is 16.2 Å². The summed E-state index contributed by atoms with van der Waals surface area (Å²) >= 11 is 1.92. The zero-order chi connectivity index (χ0) is 22.7. The third kappa shape index (κ3) is 4.65. The van der Waals surface area contributed by atoms with E-state index in [2.05, 4.69) is 30.4 Å². The summed E-state index contributed by atoms with van der Waals surface area (Å²) in [5.41, 5.74) is 4.63. The molecule has 2 aliphatic heterocycles. The van der Waals surface area contributed by atoms with Crippen molar-refractivity contribution in [2.24, 2.45) is 0 Å². The van der Waals surface area contributed by atoms with E-state index in [9.17, 15) is 9.59 Å². The van der Waals surface area contributed by atoms with Crippen molar-refractivity contribution in [2.45, 2.75) is 63.3 Å². The second kappa shape index (κ2) is 9.99. The van der Waals surface area contributed by atoms with Crippen LogP contribution in [0.1, 0.15) is 73.5 Å². The molecule has 1 N–H and O–H groups in total. The predicted octanol–water partition coefficient (Wildman–Crippen LogP) is 6.49. The number of hydrogen-bond donors (Lipinski definition) is 1. The van der Waals surface area contributed by atoms with Gasteiger partial charge in [-0.1, -0.05) is 38.7 Å². The Balaban J connectivity index is 1.43. The Hall–Kier alpha value is -2.47. The molecule has 0 radical (unpaired) electrons. The molecule has 2 aromatic carbocycles. The van der Waals surface area contributed by atoms with E-state index in [1.54, 1.807) is 11.9 Å². The summed E-state index contributed by atoms with van der Waals surface area (Å²) in [6.45, 7) is 4.94. The second-order valence-electron chi connectivity index (χ2n) is 8.78. The topological polar surface area (TPSA) is 52.7 Å². The van der Waals surface area contributed by atoms with Gasteiger partial charge in [0.2, 0.25) is 0 Å². The third-order valence-electron chi connectivity index (χ3n) is 6.60. The van der Waals surface area contributed by atoms with Crippen molar-refractivity contribution in [3.05, 3.63) is 53.1 Å². The van der Waals surface area contributed by atoms with E-state index in [1.807, 2.05) is 41.8 Å². The Morgan fingerprint density at radius 2 is 1.94 bits per heavy atom. The first-order valence-corrected chi connectivity index (χ1v) is 12.7. The lowest BCUT2D eigenvalue weighted by Gasteiger charge is -2.32. The standard InChI is InChI=1S/C26H33N3O2S/c1-4-5-6-7-8-15-32-21-10-12-24-19(16-21)13-14-29(24)25(30)20-9-11-22-18(2)28(3)26(31)27-23(22)17-20/h9-12,16-18H,4-8,13-15H2,1-3H3,(H,27,31). The van der Waals surface area contributed by atoms with Crippen molar-refractivity contribution < 1.29 is 9.59 Å². The van der Waals surface area contributed by atoms with E-state index in [-0.39, 0.29) is 18.0 Å². The summed E-state index contributed by atoms with van der Waals surface area (Å²) in [6, 6.07) is 12.0. The lowest BCUT2D eigenvalue weighted by Crippen LogP contribution is -2.38. The SMILES string of the molecule is CCCCCCCSc1ccc2c(c1)CCN2C(=O)c1ccc2c(c1)NC(=O)N(C)C2C. The molecule has 0 aliphatic carbocycles. The molecule has 4 rings (SSSR count). The van der Waals surface area contributed by atoms with Crippen molar-refractivity contribution in [1.82, 2.24) is 4.90 Å². The molecule has 0 fully saturated rings. The number of urea groups is 1. The Morgan fingerprint density at radius 1 is 1.12 bits per heavy atom. The van der Waals surface area contributed by atoms with Gasteiger partial charge in [0, 0.05) is 35.4 Å². The third-order valence-corrected chi connectivity index (χ3v) is 7.68. The van der Waals surface area contributed by atoms with Gasteiger partial charge in [0.05, 0.1) is 6.04 Å². The Kier molecular flexibility index (Phi) is 7.09. The van der Waals surface area contributed by atoms with Crippen LogP contribution in [0.15, 0.2) is 41.3 Å². The summed E-state index contributed by atoms with van der Waals surface area (Å²) in [5, 5.41) is 2.90. The summed E-state index contributed by atoms with van der Waals surface area (Å²) in [6.07, 6.45) is 7.40. The van der Waals surface area contributed by atoms with E-state index in [0.717, 1.165) is 29.1 Å². The van der Waals surface area contributed by atoms with Gasteiger partial charge in [0.1, 0.15) is 0 Å². The van der Waals surface area contributed by atoms with Crippen LogP contribution < -0.4 is 10.2 Å². The molecule has 0 saturated heterocycles. The van der Waals surface area contributed by atoms with Gasteiger partial charge in [0.25, 0.3) is 5.91 Å². The van der Waals surface area contributed by atoms with Crippen molar-refractivity contribution in [3.8, 4) is 0 Å². The molecule has 2 heterocycles. The van der Waals surface area contributed by atoms with Crippen LogP contribution in [-0.4, -0.2) is 36.2 Å². The van der Waals surface area contributed by atoms with Gasteiger partial charge in [-0.15, -0.1) is 11.8 Å². The molecule has 6 heteroatoms. The number of unbranched alkanes of at least 4 members (excludes halogenated alkanes) is 4.